The quantitative estimate of drug-likeness (QED) is 0.687. The van der Waals surface area contributed by atoms with E-state index >= 15 is 0 Å². The standard InChI is InChI=1S/C18H26N4S/c1-18(2,3)15-13-23-16(21-15)12-20-17(22(4)5)19-11-14-9-7-6-8-10-14/h6-10,13H,11-12H2,1-5H3,(H,19,20). The Kier molecular flexibility index (Phi) is 5.77. The average molecular weight is 331 g/mol. The molecule has 0 aliphatic carbocycles. The van der Waals surface area contributed by atoms with Crippen LogP contribution in [0.4, 0.5) is 0 Å². The molecule has 0 saturated heterocycles. The maximum Gasteiger partial charge on any atom is 0.194 e. The van der Waals surface area contributed by atoms with Crippen molar-refractivity contribution in [3.8, 4) is 0 Å². The maximum absolute atomic E-state index is 4.71. The van der Waals surface area contributed by atoms with Gasteiger partial charge in [-0.05, 0) is 5.56 Å². The SMILES string of the molecule is CN(C)C(=NCc1ccccc1)NCc1nc(C(C)(C)C)cs1. The van der Waals surface area contributed by atoms with Gasteiger partial charge >= 0.3 is 0 Å². The zero-order chi connectivity index (χ0) is 16.9. The van der Waals surface area contributed by atoms with E-state index in [0.717, 1.165) is 16.7 Å². The van der Waals surface area contributed by atoms with E-state index in [1.54, 1.807) is 11.3 Å². The number of benzene rings is 1. The van der Waals surface area contributed by atoms with Gasteiger partial charge < -0.3 is 10.2 Å². The Hall–Kier alpha value is -1.88. The molecule has 2 aromatic rings. The van der Waals surface area contributed by atoms with Crippen molar-refractivity contribution in [1.29, 1.82) is 0 Å². The molecule has 1 heterocycles. The summed E-state index contributed by atoms with van der Waals surface area (Å²) in [6, 6.07) is 10.3. The van der Waals surface area contributed by atoms with Crippen LogP contribution in [0.1, 0.15) is 37.0 Å². The molecular formula is C18H26N4S. The van der Waals surface area contributed by atoms with Crippen LogP contribution in [-0.2, 0) is 18.5 Å². The molecule has 4 nitrogen and oxygen atoms in total. The number of hydrogen-bond donors (Lipinski definition) is 1. The molecular weight excluding hydrogens is 304 g/mol. The van der Waals surface area contributed by atoms with Gasteiger partial charge in [0.1, 0.15) is 5.01 Å². The number of rotatable bonds is 4. The molecule has 0 bridgehead atoms. The molecule has 0 fully saturated rings. The molecule has 0 aliphatic rings. The number of guanidine groups is 1. The van der Waals surface area contributed by atoms with Crippen LogP contribution >= 0.6 is 11.3 Å². The van der Waals surface area contributed by atoms with E-state index in [9.17, 15) is 0 Å². The fourth-order valence-corrected chi connectivity index (χ4v) is 2.96. The second kappa shape index (κ2) is 7.59. The minimum atomic E-state index is 0.0977. The van der Waals surface area contributed by atoms with Crippen molar-refractivity contribution < 1.29 is 0 Å². The molecule has 0 atom stereocenters. The van der Waals surface area contributed by atoms with Crippen LogP contribution in [0.3, 0.4) is 0 Å². The van der Waals surface area contributed by atoms with Crippen LogP contribution in [0.25, 0.3) is 0 Å². The second-order valence-electron chi connectivity index (χ2n) is 6.75. The van der Waals surface area contributed by atoms with Crippen LogP contribution in [0.5, 0.6) is 0 Å². The molecule has 1 aromatic heterocycles. The van der Waals surface area contributed by atoms with Gasteiger partial charge in [0.15, 0.2) is 5.96 Å². The Balaban J connectivity index is 1.98. The van der Waals surface area contributed by atoms with Crippen molar-refractivity contribution in [3.05, 3.63) is 52.0 Å². The number of aliphatic imine (C=N–C) groups is 1. The van der Waals surface area contributed by atoms with Gasteiger partial charge in [0.2, 0.25) is 0 Å². The third-order valence-corrected chi connectivity index (χ3v) is 4.24. The molecule has 0 radical (unpaired) electrons. The second-order valence-corrected chi connectivity index (χ2v) is 7.69. The summed E-state index contributed by atoms with van der Waals surface area (Å²) >= 11 is 1.70. The fraction of sp³-hybridized carbons (Fsp3) is 0.444. The van der Waals surface area contributed by atoms with E-state index in [4.69, 9.17) is 4.98 Å². The van der Waals surface area contributed by atoms with Crippen molar-refractivity contribution in [3.63, 3.8) is 0 Å². The zero-order valence-corrected chi connectivity index (χ0v) is 15.4. The third kappa shape index (κ3) is 5.36. The van der Waals surface area contributed by atoms with Gasteiger partial charge in [-0.2, -0.15) is 0 Å². The summed E-state index contributed by atoms with van der Waals surface area (Å²) in [5.41, 5.74) is 2.45. The number of aromatic nitrogens is 1. The summed E-state index contributed by atoms with van der Waals surface area (Å²) in [6.07, 6.45) is 0. The molecule has 5 heteroatoms. The lowest BCUT2D eigenvalue weighted by Gasteiger charge is -2.17. The summed E-state index contributed by atoms with van der Waals surface area (Å²) in [7, 11) is 4.00. The van der Waals surface area contributed by atoms with Gasteiger partial charge in [-0.1, -0.05) is 51.1 Å². The molecule has 0 unspecified atom stereocenters. The van der Waals surface area contributed by atoms with Crippen LogP contribution in [0.2, 0.25) is 0 Å². The molecule has 2 rings (SSSR count). The van der Waals surface area contributed by atoms with Crippen molar-refractivity contribution in [2.24, 2.45) is 4.99 Å². The normalized spacial score (nSPS) is 12.3. The minimum absolute atomic E-state index is 0.0977. The van der Waals surface area contributed by atoms with E-state index in [0.29, 0.717) is 13.1 Å². The summed E-state index contributed by atoms with van der Waals surface area (Å²) in [5, 5.41) is 6.63. The highest BCUT2D eigenvalue weighted by Crippen LogP contribution is 2.23. The largest absolute Gasteiger partial charge is 0.350 e. The Morgan fingerprint density at radius 2 is 1.91 bits per heavy atom. The summed E-state index contributed by atoms with van der Waals surface area (Å²) in [4.78, 5) is 11.4. The summed E-state index contributed by atoms with van der Waals surface area (Å²) in [5.74, 6) is 0.876. The van der Waals surface area contributed by atoms with Crippen molar-refractivity contribution in [2.75, 3.05) is 14.1 Å². The number of nitrogens with zero attached hydrogens (tertiary/aromatic N) is 3. The van der Waals surface area contributed by atoms with E-state index < -0.39 is 0 Å². The first-order chi connectivity index (χ1) is 10.9. The lowest BCUT2D eigenvalue weighted by molar-refractivity contribution is 0.565. The van der Waals surface area contributed by atoms with Gasteiger partial charge in [-0.15, -0.1) is 11.3 Å². The predicted molar refractivity (Wildman–Crippen MR) is 98.9 cm³/mol. The van der Waals surface area contributed by atoms with Crippen LogP contribution in [0.15, 0.2) is 40.7 Å². The molecule has 124 valence electrons. The molecule has 0 saturated carbocycles. The highest BCUT2D eigenvalue weighted by molar-refractivity contribution is 7.09. The van der Waals surface area contributed by atoms with E-state index in [2.05, 4.69) is 48.6 Å². The molecule has 0 aliphatic heterocycles. The number of nitrogens with one attached hydrogen (secondary N) is 1. The molecule has 23 heavy (non-hydrogen) atoms. The monoisotopic (exact) mass is 330 g/mol. The summed E-state index contributed by atoms with van der Waals surface area (Å²) in [6.45, 7) is 7.93. The Labute approximate surface area is 143 Å². The van der Waals surface area contributed by atoms with Gasteiger partial charge in [-0.25, -0.2) is 9.98 Å². The van der Waals surface area contributed by atoms with Crippen LogP contribution in [0, 0.1) is 0 Å². The first-order valence-electron chi connectivity index (χ1n) is 7.80. The zero-order valence-electron chi connectivity index (χ0n) is 14.6. The smallest absolute Gasteiger partial charge is 0.194 e. The molecule has 1 aromatic carbocycles. The van der Waals surface area contributed by atoms with Gasteiger partial charge in [0.25, 0.3) is 0 Å². The van der Waals surface area contributed by atoms with Crippen molar-refractivity contribution in [2.45, 2.75) is 39.3 Å². The maximum atomic E-state index is 4.71. The van der Waals surface area contributed by atoms with Gasteiger partial charge in [0.05, 0.1) is 18.8 Å². The Bertz CT molecular complexity index is 639. The first kappa shape index (κ1) is 17.5. The molecule has 1 N–H and O–H groups in total. The minimum Gasteiger partial charge on any atom is -0.350 e. The van der Waals surface area contributed by atoms with Crippen LogP contribution in [-0.4, -0.2) is 29.9 Å². The number of thiazole rings is 1. The highest BCUT2D eigenvalue weighted by Gasteiger charge is 2.17. The number of hydrogen-bond acceptors (Lipinski definition) is 3. The summed E-state index contributed by atoms with van der Waals surface area (Å²) < 4.78 is 0. The highest BCUT2D eigenvalue weighted by atomic mass is 32.1. The topological polar surface area (TPSA) is 40.5 Å². The molecule has 0 amide bonds. The van der Waals surface area contributed by atoms with Crippen LogP contribution < -0.4 is 5.32 Å². The lowest BCUT2D eigenvalue weighted by Crippen LogP contribution is -2.36. The predicted octanol–water partition coefficient (Wildman–Crippen LogP) is 3.65. The lowest BCUT2D eigenvalue weighted by atomic mass is 9.93. The molecule has 0 spiro atoms. The Morgan fingerprint density at radius 1 is 1.22 bits per heavy atom. The van der Waals surface area contributed by atoms with Crippen molar-refractivity contribution >= 4 is 17.3 Å². The van der Waals surface area contributed by atoms with E-state index in [-0.39, 0.29) is 5.41 Å². The van der Waals surface area contributed by atoms with Crippen molar-refractivity contribution in [1.82, 2.24) is 15.2 Å². The van der Waals surface area contributed by atoms with E-state index in [1.165, 1.54) is 5.56 Å². The third-order valence-electron chi connectivity index (χ3n) is 3.40. The average Bonchev–Trinajstić information content (AvgIpc) is 2.97. The van der Waals surface area contributed by atoms with Gasteiger partial charge in [0, 0.05) is 24.9 Å². The fourth-order valence-electron chi connectivity index (χ4n) is 2.00. The van der Waals surface area contributed by atoms with Gasteiger partial charge in [-0.3, -0.25) is 0 Å². The first-order valence-corrected chi connectivity index (χ1v) is 8.68. The Morgan fingerprint density at radius 3 is 2.48 bits per heavy atom. The van der Waals surface area contributed by atoms with E-state index in [1.807, 2.05) is 37.2 Å².